The molecule has 6 heteroatoms. The van der Waals surface area contributed by atoms with Crippen LogP contribution in [0, 0.1) is 18.8 Å². The predicted octanol–water partition coefficient (Wildman–Crippen LogP) is 2.09. The summed E-state index contributed by atoms with van der Waals surface area (Å²) in [5, 5.41) is 0. The van der Waals surface area contributed by atoms with Gasteiger partial charge in [0, 0.05) is 22.8 Å². The Morgan fingerprint density at radius 1 is 1.39 bits per heavy atom. The molecule has 1 aromatic rings. The van der Waals surface area contributed by atoms with Gasteiger partial charge in [-0.1, -0.05) is 20.8 Å². The van der Waals surface area contributed by atoms with Crippen LogP contribution in [-0.4, -0.2) is 15.0 Å². The van der Waals surface area contributed by atoms with Crippen LogP contribution in [0.1, 0.15) is 30.5 Å². The van der Waals surface area contributed by atoms with Crippen LogP contribution < -0.4 is 10.5 Å². The molecule has 1 rings (SSSR count). The summed E-state index contributed by atoms with van der Waals surface area (Å²) in [4.78, 5) is 2.05. The third-order valence-electron chi connectivity index (χ3n) is 3.15. The summed E-state index contributed by atoms with van der Waals surface area (Å²) in [6.07, 6.45) is 0. The van der Waals surface area contributed by atoms with Gasteiger partial charge in [0.25, 0.3) is 0 Å². The van der Waals surface area contributed by atoms with Crippen molar-refractivity contribution in [2.45, 2.75) is 39.1 Å². The summed E-state index contributed by atoms with van der Waals surface area (Å²) in [7, 11) is -3.40. The molecule has 4 nitrogen and oxygen atoms in total. The van der Waals surface area contributed by atoms with E-state index in [1.807, 2.05) is 13.8 Å². The molecule has 0 bridgehead atoms. The van der Waals surface area contributed by atoms with E-state index >= 15 is 0 Å². The maximum atomic E-state index is 12.2. The molecule has 1 unspecified atom stereocenters. The van der Waals surface area contributed by atoms with Crippen LogP contribution in [0.4, 0.5) is 0 Å². The first kappa shape index (κ1) is 15.6. The van der Waals surface area contributed by atoms with Crippen LogP contribution >= 0.6 is 11.3 Å². The third-order valence-corrected chi connectivity index (χ3v) is 5.90. The number of hydrogen-bond acceptors (Lipinski definition) is 4. The lowest BCUT2D eigenvalue weighted by molar-refractivity contribution is 0.414. The average molecular weight is 290 g/mol. The van der Waals surface area contributed by atoms with Gasteiger partial charge < -0.3 is 5.73 Å². The second kappa shape index (κ2) is 6.14. The Labute approximate surface area is 114 Å². The molecule has 0 radical (unpaired) electrons. The molecule has 18 heavy (non-hydrogen) atoms. The van der Waals surface area contributed by atoms with Gasteiger partial charge in [0.05, 0.1) is 4.90 Å². The summed E-state index contributed by atoms with van der Waals surface area (Å²) in [6.45, 7) is 8.86. The van der Waals surface area contributed by atoms with Crippen LogP contribution in [-0.2, 0) is 16.6 Å². The summed E-state index contributed by atoms with van der Waals surface area (Å²) in [6, 6.07) is 1.67. The largest absolute Gasteiger partial charge is 0.326 e. The highest BCUT2D eigenvalue weighted by molar-refractivity contribution is 7.89. The molecular weight excluding hydrogens is 268 g/mol. The Morgan fingerprint density at radius 3 is 2.44 bits per heavy atom. The number of aryl methyl sites for hydroxylation is 1. The minimum atomic E-state index is -3.40. The predicted molar refractivity (Wildman–Crippen MR) is 76.1 cm³/mol. The fourth-order valence-corrected chi connectivity index (χ4v) is 4.10. The smallest absolute Gasteiger partial charge is 0.241 e. The Balaban J connectivity index is 2.83. The molecule has 0 saturated carbocycles. The lowest BCUT2D eigenvalue weighted by Gasteiger charge is -2.16. The zero-order chi connectivity index (χ0) is 13.9. The van der Waals surface area contributed by atoms with Crippen molar-refractivity contribution in [2.75, 3.05) is 6.54 Å². The minimum Gasteiger partial charge on any atom is -0.326 e. The number of hydrogen-bond donors (Lipinski definition) is 2. The number of rotatable bonds is 6. The Bertz CT molecular complexity index is 492. The van der Waals surface area contributed by atoms with Gasteiger partial charge in [-0.2, -0.15) is 0 Å². The molecule has 0 aliphatic rings. The van der Waals surface area contributed by atoms with Crippen LogP contribution in [0.2, 0.25) is 0 Å². The van der Waals surface area contributed by atoms with Gasteiger partial charge in [-0.05, 0) is 24.8 Å². The fourth-order valence-electron chi connectivity index (χ4n) is 1.45. The van der Waals surface area contributed by atoms with Gasteiger partial charge in [0.15, 0.2) is 0 Å². The van der Waals surface area contributed by atoms with Crippen molar-refractivity contribution < 1.29 is 8.42 Å². The highest BCUT2D eigenvalue weighted by Gasteiger charge is 2.20. The number of sulfonamides is 1. The van der Waals surface area contributed by atoms with E-state index in [1.165, 1.54) is 11.3 Å². The van der Waals surface area contributed by atoms with E-state index in [4.69, 9.17) is 5.73 Å². The first-order valence-corrected chi connectivity index (χ1v) is 8.37. The van der Waals surface area contributed by atoms with Gasteiger partial charge in [-0.15, -0.1) is 11.3 Å². The first-order chi connectivity index (χ1) is 8.27. The van der Waals surface area contributed by atoms with Crippen molar-refractivity contribution >= 4 is 21.4 Å². The van der Waals surface area contributed by atoms with Gasteiger partial charge in [0.2, 0.25) is 10.0 Å². The molecule has 0 fully saturated rings. The van der Waals surface area contributed by atoms with Crippen LogP contribution in [0.15, 0.2) is 11.0 Å². The van der Waals surface area contributed by atoms with Gasteiger partial charge in [-0.25, -0.2) is 13.1 Å². The molecule has 0 spiro atoms. The molecule has 0 aromatic carbocycles. The number of nitrogens with two attached hydrogens (primary N) is 1. The lowest BCUT2D eigenvalue weighted by atomic mass is 9.99. The van der Waals surface area contributed by atoms with E-state index in [0.717, 1.165) is 9.75 Å². The van der Waals surface area contributed by atoms with Crippen LogP contribution in [0.25, 0.3) is 0 Å². The fraction of sp³-hybridized carbons (Fsp3) is 0.667. The maximum absolute atomic E-state index is 12.2. The van der Waals surface area contributed by atoms with E-state index < -0.39 is 10.0 Å². The molecule has 1 aromatic heterocycles. The second-order valence-corrected chi connectivity index (χ2v) is 7.99. The minimum absolute atomic E-state index is 0.313. The SMILES string of the molecule is Cc1sc(CN)cc1S(=O)(=O)NCC(C)C(C)C. The molecule has 1 atom stereocenters. The number of thiophene rings is 1. The summed E-state index contributed by atoms with van der Waals surface area (Å²) in [5.41, 5.74) is 5.53. The summed E-state index contributed by atoms with van der Waals surface area (Å²) < 4.78 is 27.0. The molecule has 0 aliphatic heterocycles. The molecule has 104 valence electrons. The summed E-state index contributed by atoms with van der Waals surface area (Å²) in [5.74, 6) is 0.767. The van der Waals surface area contributed by atoms with E-state index in [-0.39, 0.29) is 0 Å². The maximum Gasteiger partial charge on any atom is 0.241 e. The Hall–Kier alpha value is -0.430. The standard InChI is InChI=1S/C12H22N2O2S2/c1-8(2)9(3)7-14-18(15,16)12-5-11(6-13)17-10(12)4/h5,8-9,14H,6-7,13H2,1-4H3. The topological polar surface area (TPSA) is 72.2 Å². The van der Waals surface area contributed by atoms with Gasteiger partial charge in [-0.3, -0.25) is 0 Å². The van der Waals surface area contributed by atoms with Crippen molar-refractivity contribution in [3.05, 3.63) is 15.8 Å². The molecule has 1 heterocycles. The quantitative estimate of drug-likeness (QED) is 0.842. The van der Waals surface area contributed by atoms with Gasteiger partial charge in [0.1, 0.15) is 0 Å². The Kier molecular flexibility index (Phi) is 5.33. The zero-order valence-electron chi connectivity index (χ0n) is 11.4. The molecule has 3 N–H and O–H groups in total. The monoisotopic (exact) mass is 290 g/mol. The van der Waals surface area contributed by atoms with Crippen molar-refractivity contribution in [2.24, 2.45) is 17.6 Å². The van der Waals surface area contributed by atoms with E-state index in [2.05, 4.69) is 18.6 Å². The van der Waals surface area contributed by atoms with Crippen molar-refractivity contribution in [1.82, 2.24) is 4.72 Å². The third kappa shape index (κ3) is 3.78. The molecule has 0 amide bonds. The second-order valence-electron chi connectivity index (χ2n) is 4.91. The van der Waals surface area contributed by atoms with Crippen molar-refractivity contribution in [1.29, 1.82) is 0 Å². The highest BCUT2D eigenvalue weighted by atomic mass is 32.2. The van der Waals surface area contributed by atoms with E-state index in [1.54, 1.807) is 6.07 Å². The first-order valence-electron chi connectivity index (χ1n) is 6.07. The highest BCUT2D eigenvalue weighted by Crippen LogP contribution is 2.25. The normalized spacial score (nSPS) is 14.1. The summed E-state index contributed by atoms with van der Waals surface area (Å²) >= 11 is 1.44. The van der Waals surface area contributed by atoms with Crippen LogP contribution in [0.5, 0.6) is 0 Å². The van der Waals surface area contributed by atoms with E-state index in [9.17, 15) is 8.42 Å². The van der Waals surface area contributed by atoms with Gasteiger partial charge >= 0.3 is 0 Å². The average Bonchev–Trinajstić information content (AvgIpc) is 2.68. The van der Waals surface area contributed by atoms with Crippen LogP contribution in [0.3, 0.4) is 0 Å². The van der Waals surface area contributed by atoms with Crippen molar-refractivity contribution in [3.8, 4) is 0 Å². The molecule has 0 saturated heterocycles. The van der Waals surface area contributed by atoms with E-state index in [0.29, 0.717) is 29.8 Å². The lowest BCUT2D eigenvalue weighted by Crippen LogP contribution is -2.30. The van der Waals surface area contributed by atoms with Crippen molar-refractivity contribution in [3.63, 3.8) is 0 Å². The number of nitrogens with one attached hydrogen (secondary N) is 1. The molecular formula is C12H22N2O2S2. The zero-order valence-corrected chi connectivity index (χ0v) is 13.0. The molecule has 0 aliphatic carbocycles. The Morgan fingerprint density at radius 2 is 2.00 bits per heavy atom.